The first-order valence-electron chi connectivity index (χ1n) is 9.32. The molecule has 1 heterocycles. The molecule has 0 aliphatic carbocycles. The number of nitrogens with one attached hydrogen (secondary N) is 1. The molecule has 0 radical (unpaired) electrons. The van der Waals surface area contributed by atoms with Gasteiger partial charge in [0.15, 0.2) is 9.84 Å². The van der Waals surface area contributed by atoms with Crippen molar-refractivity contribution >= 4 is 33.1 Å². The van der Waals surface area contributed by atoms with E-state index in [0.717, 1.165) is 5.56 Å². The lowest BCUT2D eigenvalue weighted by Gasteiger charge is -2.29. The smallest absolute Gasteiger partial charge is 0.340 e. The summed E-state index contributed by atoms with van der Waals surface area (Å²) in [6.07, 6.45) is 0.404. The van der Waals surface area contributed by atoms with Crippen LogP contribution >= 0.6 is 0 Å². The Morgan fingerprint density at radius 1 is 1.14 bits per heavy atom. The number of anilines is 2. The molecule has 1 amide bonds. The number of methoxy groups -OCH3 is 1. The van der Waals surface area contributed by atoms with Gasteiger partial charge in [0.2, 0.25) is 5.91 Å². The number of rotatable bonds is 6. The summed E-state index contributed by atoms with van der Waals surface area (Å²) in [5, 5.41) is 3.02. The van der Waals surface area contributed by atoms with Crippen molar-refractivity contribution in [1.82, 2.24) is 0 Å². The maximum atomic E-state index is 13.1. The van der Waals surface area contributed by atoms with Crippen LogP contribution < -0.4 is 10.2 Å². The first-order chi connectivity index (χ1) is 13.8. The van der Waals surface area contributed by atoms with Crippen LogP contribution in [0.4, 0.5) is 11.4 Å². The molecule has 1 aliphatic rings. The molecule has 3 rings (SSSR count). The Hall–Kier alpha value is -2.87. The van der Waals surface area contributed by atoms with E-state index in [2.05, 4.69) is 5.32 Å². The minimum Gasteiger partial charge on any atom is -0.465 e. The fraction of sp³-hybridized carbons (Fsp3) is 0.333. The van der Waals surface area contributed by atoms with Gasteiger partial charge in [-0.15, -0.1) is 0 Å². The molecule has 154 valence electrons. The quantitative estimate of drug-likeness (QED) is 0.727. The Morgan fingerprint density at radius 3 is 2.48 bits per heavy atom. The standard InChI is InChI=1S/C21H24N2O5S/c1-15-7-6-10-18(20(15)21(25)28-2)22-13-19(24)23(16-8-4-3-5-9-16)17-11-12-29(26,27)14-17/h3-10,17,22H,11-14H2,1-2H3/t17-/m1/s1. The number of ether oxygens (including phenoxy) is 1. The number of esters is 1. The zero-order chi connectivity index (χ0) is 21.0. The van der Waals surface area contributed by atoms with E-state index in [1.54, 1.807) is 42.2 Å². The van der Waals surface area contributed by atoms with Crippen molar-refractivity contribution in [3.05, 3.63) is 59.7 Å². The Morgan fingerprint density at radius 2 is 1.86 bits per heavy atom. The van der Waals surface area contributed by atoms with Crippen LogP contribution in [0.15, 0.2) is 48.5 Å². The van der Waals surface area contributed by atoms with Crippen LogP contribution in [0.3, 0.4) is 0 Å². The SMILES string of the molecule is COC(=O)c1c(C)cccc1NCC(=O)N(c1ccccc1)[C@@H]1CCS(=O)(=O)C1. The van der Waals surface area contributed by atoms with Crippen molar-refractivity contribution in [2.75, 3.05) is 35.4 Å². The minimum absolute atomic E-state index is 0.0501. The van der Waals surface area contributed by atoms with Gasteiger partial charge in [-0.25, -0.2) is 13.2 Å². The number of carbonyl (C=O) groups excluding carboxylic acids is 2. The van der Waals surface area contributed by atoms with Gasteiger partial charge in [0.05, 0.1) is 36.8 Å². The third-order valence-electron chi connectivity index (χ3n) is 4.97. The molecule has 29 heavy (non-hydrogen) atoms. The van der Waals surface area contributed by atoms with Crippen molar-refractivity contribution in [1.29, 1.82) is 0 Å². The number of para-hydroxylation sites is 1. The molecule has 1 aliphatic heterocycles. The third-order valence-corrected chi connectivity index (χ3v) is 6.72. The van der Waals surface area contributed by atoms with Gasteiger partial charge in [0.1, 0.15) is 0 Å². The maximum Gasteiger partial charge on any atom is 0.340 e. The Balaban J connectivity index is 1.83. The van der Waals surface area contributed by atoms with E-state index in [0.29, 0.717) is 23.4 Å². The number of amides is 1. The van der Waals surface area contributed by atoms with Crippen LogP contribution in [-0.4, -0.2) is 51.5 Å². The van der Waals surface area contributed by atoms with Crippen molar-refractivity contribution in [2.24, 2.45) is 0 Å². The largest absolute Gasteiger partial charge is 0.465 e. The van der Waals surface area contributed by atoms with Gasteiger partial charge in [-0.05, 0) is 37.1 Å². The summed E-state index contributed by atoms with van der Waals surface area (Å²) in [7, 11) is -1.84. The highest BCUT2D eigenvalue weighted by molar-refractivity contribution is 7.91. The second-order valence-electron chi connectivity index (χ2n) is 7.00. The van der Waals surface area contributed by atoms with E-state index < -0.39 is 21.8 Å². The monoisotopic (exact) mass is 416 g/mol. The third kappa shape index (κ3) is 4.76. The van der Waals surface area contributed by atoms with Crippen LogP contribution in [0.1, 0.15) is 22.3 Å². The van der Waals surface area contributed by atoms with E-state index >= 15 is 0 Å². The van der Waals surface area contributed by atoms with E-state index in [9.17, 15) is 18.0 Å². The van der Waals surface area contributed by atoms with E-state index in [1.807, 2.05) is 18.2 Å². The molecular formula is C21H24N2O5S. The Labute approximate surface area is 170 Å². The number of sulfone groups is 1. The highest BCUT2D eigenvalue weighted by atomic mass is 32.2. The predicted octanol–water partition coefficient (Wildman–Crippen LogP) is 2.41. The van der Waals surface area contributed by atoms with Gasteiger partial charge in [-0.1, -0.05) is 30.3 Å². The summed E-state index contributed by atoms with van der Waals surface area (Å²) in [6, 6.07) is 13.9. The number of benzene rings is 2. The predicted molar refractivity (Wildman–Crippen MR) is 112 cm³/mol. The molecule has 8 heteroatoms. The average molecular weight is 416 g/mol. The van der Waals surface area contributed by atoms with Gasteiger partial charge in [-0.2, -0.15) is 0 Å². The molecule has 0 saturated carbocycles. The first-order valence-corrected chi connectivity index (χ1v) is 11.1. The zero-order valence-corrected chi connectivity index (χ0v) is 17.2. The Bertz CT molecular complexity index is 1000. The van der Waals surface area contributed by atoms with Crippen molar-refractivity contribution in [2.45, 2.75) is 19.4 Å². The van der Waals surface area contributed by atoms with E-state index in [4.69, 9.17) is 4.74 Å². The lowest BCUT2D eigenvalue weighted by molar-refractivity contribution is -0.117. The topological polar surface area (TPSA) is 92.8 Å². The molecule has 0 bridgehead atoms. The molecule has 1 fully saturated rings. The van der Waals surface area contributed by atoms with E-state index in [1.165, 1.54) is 7.11 Å². The molecule has 1 N–H and O–H groups in total. The molecule has 1 saturated heterocycles. The lowest BCUT2D eigenvalue weighted by atomic mass is 10.1. The van der Waals surface area contributed by atoms with Gasteiger partial charge < -0.3 is 15.0 Å². The maximum absolute atomic E-state index is 13.1. The van der Waals surface area contributed by atoms with E-state index in [-0.39, 0.29) is 24.0 Å². The van der Waals surface area contributed by atoms with Crippen LogP contribution in [0, 0.1) is 6.92 Å². The summed E-state index contributed by atoms with van der Waals surface area (Å²) in [5.74, 6) is -0.729. The molecule has 1 atom stereocenters. The second-order valence-corrected chi connectivity index (χ2v) is 9.23. The number of aryl methyl sites for hydroxylation is 1. The van der Waals surface area contributed by atoms with Gasteiger partial charge >= 0.3 is 5.97 Å². The average Bonchev–Trinajstić information content (AvgIpc) is 3.06. The van der Waals surface area contributed by atoms with Gasteiger partial charge in [-0.3, -0.25) is 4.79 Å². The lowest BCUT2D eigenvalue weighted by Crippen LogP contribution is -2.44. The molecule has 7 nitrogen and oxygen atoms in total. The van der Waals surface area contributed by atoms with Gasteiger partial charge in [0.25, 0.3) is 0 Å². The molecule has 0 spiro atoms. The zero-order valence-electron chi connectivity index (χ0n) is 16.4. The molecule has 0 unspecified atom stereocenters. The summed E-state index contributed by atoms with van der Waals surface area (Å²) in [5.41, 5.74) is 2.25. The van der Waals surface area contributed by atoms with Crippen LogP contribution in [0.25, 0.3) is 0 Å². The summed E-state index contributed by atoms with van der Waals surface area (Å²) in [6.45, 7) is 1.71. The van der Waals surface area contributed by atoms with Crippen LogP contribution in [-0.2, 0) is 19.4 Å². The first kappa shape index (κ1) is 20.9. The van der Waals surface area contributed by atoms with Crippen molar-refractivity contribution < 1.29 is 22.7 Å². The minimum atomic E-state index is -3.15. The number of hydrogen-bond acceptors (Lipinski definition) is 6. The summed E-state index contributed by atoms with van der Waals surface area (Å²) < 4.78 is 28.8. The summed E-state index contributed by atoms with van der Waals surface area (Å²) >= 11 is 0. The molecule has 0 aromatic heterocycles. The van der Waals surface area contributed by atoms with Crippen molar-refractivity contribution in [3.63, 3.8) is 0 Å². The fourth-order valence-electron chi connectivity index (χ4n) is 3.57. The number of carbonyl (C=O) groups is 2. The fourth-order valence-corrected chi connectivity index (χ4v) is 5.27. The molecular weight excluding hydrogens is 392 g/mol. The van der Waals surface area contributed by atoms with Gasteiger partial charge in [0, 0.05) is 11.4 Å². The van der Waals surface area contributed by atoms with Crippen molar-refractivity contribution in [3.8, 4) is 0 Å². The second kappa shape index (κ2) is 8.65. The van der Waals surface area contributed by atoms with Crippen LogP contribution in [0.2, 0.25) is 0 Å². The molecule has 2 aromatic rings. The number of nitrogens with zero attached hydrogens (tertiary/aromatic N) is 1. The van der Waals surface area contributed by atoms with Crippen LogP contribution in [0.5, 0.6) is 0 Å². The Kier molecular flexibility index (Phi) is 6.22. The molecule has 2 aromatic carbocycles. The summed E-state index contributed by atoms with van der Waals surface area (Å²) in [4.78, 5) is 26.8. The highest BCUT2D eigenvalue weighted by Gasteiger charge is 2.35. The highest BCUT2D eigenvalue weighted by Crippen LogP contribution is 2.25. The normalized spacial score (nSPS) is 17.5. The number of hydrogen-bond donors (Lipinski definition) is 1.